The van der Waals surface area contributed by atoms with E-state index >= 15 is 0 Å². The summed E-state index contributed by atoms with van der Waals surface area (Å²) in [4.78, 5) is 32.5. The summed E-state index contributed by atoms with van der Waals surface area (Å²) in [6.07, 6.45) is 9.63. The summed E-state index contributed by atoms with van der Waals surface area (Å²) in [5.74, 6) is 1.46. The second kappa shape index (κ2) is 8.03. The lowest BCUT2D eigenvalue weighted by Gasteiger charge is -2.45. The number of fused-ring (bicyclic) bond motifs is 2. The number of carbonyl (C=O) groups is 1. The zero-order valence-corrected chi connectivity index (χ0v) is 17.2. The van der Waals surface area contributed by atoms with Gasteiger partial charge in [-0.1, -0.05) is 6.42 Å². The molecule has 0 unspecified atom stereocenters. The van der Waals surface area contributed by atoms with E-state index in [9.17, 15) is 4.79 Å². The number of aromatic nitrogens is 4. The van der Waals surface area contributed by atoms with Crippen molar-refractivity contribution < 1.29 is 4.79 Å². The van der Waals surface area contributed by atoms with Gasteiger partial charge in [0.1, 0.15) is 12.9 Å². The third kappa shape index (κ3) is 3.70. The molecule has 8 heteroatoms. The van der Waals surface area contributed by atoms with E-state index in [1.807, 2.05) is 35.5 Å². The molecule has 2 saturated heterocycles. The molecule has 1 amide bonds. The number of piperidine rings is 2. The highest BCUT2D eigenvalue weighted by Gasteiger charge is 2.34. The molecule has 2 aromatic heterocycles. The first-order valence-corrected chi connectivity index (χ1v) is 10.4. The number of hydrogen-bond acceptors (Lipinski definition) is 6. The summed E-state index contributed by atoms with van der Waals surface area (Å²) in [7, 11) is 5.79. The van der Waals surface area contributed by atoms with Crippen molar-refractivity contribution >= 4 is 22.9 Å². The van der Waals surface area contributed by atoms with Gasteiger partial charge in [0.25, 0.3) is 0 Å². The van der Waals surface area contributed by atoms with Crippen LogP contribution >= 0.6 is 0 Å². The Labute approximate surface area is 166 Å². The number of anilines is 1. The van der Waals surface area contributed by atoms with Gasteiger partial charge in [0, 0.05) is 33.7 Å². The number of rotatable bonds is 5. The molecule has 4 rings (SSSR count). The van der Waals surface area contributed by atoms with E-state index in [0.29, 0.717) is 17.6 Å². The Morgan fingerprint density at radius 1 is 1.11 bits per heavy atom. The summed E-state index contributed by atoms with van der Waals surface area (Å²) >= 11 is 0. The molecule has 0 aromatic carbocycles. The van der Waals surface area contributed by atoms with E-state index < -0.39 is 0 Å². The molecule has 0 bridgehead atoms. The van der Waals surface area contributed by atoms with Crippen LogP contribution in [-0.4, -0.2) is 82.0 Å². The Balaban J connectivity index is 1.43. The first-order valence-electron chi connectivity index (χ1n) is 10.4. The van der Waals surface area contributed by atoms with Crippen LogP contribution in [0.25, 0.3) is 11.2 Å². The topological polar surface area (TPSA) is 70.4 Å². The molecule has 8 nitrogen and oxygen atoms in total. The molecule has 2 aliphatic heterocycles. The first-order chi connectivity index (χ1) is 13.5. The third-order valence-corrected chi connectivity index (χ3v) is 6.27. The van der Waals surface area contributed by atoms with E-state index in [-0.39, 0.29) is 12.5 Å². The minimum atomic E-state index is 0.109. The highest BCUT2D eigenvalue weighted by Crippen LogP contribution is 2.31. The van der Waals surface area contributed by atoms with Gasteiger partial charge in [0.2, 0.25) is 5.91 Å². The van der Waals surface area contributed by atoms with Crippen LogP contribution in [0.2, 0.25) is 0 Å². The van der Waals surface area contributed by atoms with Gasteiger partial charge in [-0.3, -0.25) is 4.79 Å². The van der Waals surface area contributed by atoms with Crippen molar-refractivity contribution in [1.29, 1.82) is 0 Å². The van der Waals surface area contributed by atoms with Gasteiger partial charge in [0.15, 0.2) is 17.0 Å². The number of nitrogens with zero attached hydrogens (tertiary/aromatic N) is 7. The van der Waals surface area contributed by atoms with Crippen LogP contribution in [0.4, 0.5) is 5.82 Å². The highest BCUT2D eigenvalue weighted by molar-refractivity contribution is 5.84. The fourth-order valence-corrected chi connectivity index (χ4v) is 4.82. The van der Waals surface area contributed by atoms with Crippen molar-refractivity contribution in [2.24, 2.45) is 5.92 Å². The zero-order chi connectivity index (χ0) is 19.7. The maximum Gasteiger partial charge on any atom is 0.242 e. The van der Waals surface area contributed by atoms with Crippen molar-refractivity contribution in [3.63, 3.8) is 0 Å². The molecule has 152 valence electrons. The molecule has 2 atom stereocenters. The van der Waals surface area contributed by atoms with Crippen molar-refractivity contribution in [2.75, 3.05) is 45.7 Å². The van der Waals surface area contributed by atoms with Crippen molar-refractivity contribution in [2.45, 2.75) is 44.7 Å². The lowest BCUT2D eigenvalue weighted by Crippen LogP contribution is -2.51. The quantitative estimate of drug-likeness (QED) is 0.779. The van der Waals surface area contributed by atoms with Gasteiger partial charge in [-0.05, 0) is 44.7 Å². The average Bonchev–Trinajstić information content (AvgIpc) is 3.11. The van der Waals surface area contributed by atoms with Gasteiger partial charge in [0.05, 0.1) is 6.33 Å². The Kier molecular flexibility index (Phi) is 5.48. The summed E-state index contributed by atoms with van der Waals surface area (Å²) in [6.45, 7) is 3.56. The standard InChI is InChI=1S/C20H31N7O/c1-24(2)19-18-20(22-13-21-19)27(14-23-18)12-17(28)25(3)11-15-7-6-10-26-9-5-4-8-16(15)26/h13-16H,4-12H2,1-3H3/t15-,16+/m0/s1. The molecule has 0 saturated carbocycles. The smallest absolute Gasteiger partial charge is 0.242 e. The summed E-state index contributed by atoms with van der Waals surface area (Å²) in [5.41, 5.74) is 1.43. The van der Waals surface area contributed by atoms with Crippen molar-refractivity contribution in [3.05, 3.63) is 12.7 Å². The average molecular weight is 386 g/mol. The molecule has 2 aliphatic rings. The predicted octanol–water partition coefficient (Wildman–Crippen LogP) is 1.62. The predicted molar refractivity (Wildman–Crippen MR) is 109 cm³/mol. The molecular formula is C20H31N7O. The maximum atomic E-state index is 12.9. The van der Waals surface area contributed by atoms with Crippen molar-refractivity contribution in [3.8, 4) is 0 Å². The molecule has 0 spiro atoms. The maximum absolute atomic E-state index is 12.9. The summed E-state index contributed by atoms with van der Waals surface area (Å²) in [5, 5.41) is 0. The molecule has 2 aromatic rings. The normalized spacial score (nSPS) is 22.8. The molecular weight excluding hydrogens is 354 g/mol. The molecule has 0 N–H and O–H groups in total. The van der Waals surface area contributed by atoms with Gasteiger partial charge in [-0.2, -0.15) is 0 Å². The van der Waals surface area contributed by atoms with Crippen LogP contribution in [-0.2, 0) is 11.3 Å². The Morgan fingerprint density at radius 3 is 2.75 bits per heavy atom. The fourth-order valence-electron chi connectivity index (χ4n) is 4.82. The fraction of sp³-hybridized carbons (Fsp3) is 0.700. The van der Waals surface area contributed by atoms with E-state index in [0.717, 1.165) is 17.9 Å². The number of likely N-dealkylation sites (N-methyl/N-ethyl adjacent to an activating group) is 1. The zero-order valence-electron chi connectivity index (χ0n) is 17.2. The van der Waals surface area contributed by atoms with Crippen LogP contribution < -0.4 is 4.90 Å². The number of imidazole rings is 1. The highest BCUT2D eigenvalue weighted by atomic mass is 16.2. The molecule has 28 heavy (non-hydrogen) atoms. The van der Waals surface area contributed by atoms with E-state index in [1.165, 1.54) is 51.5 Å². The lowest BCUT2D eigenvalue weighted by atomic mass is 9.83. The first kappa shape index (κ1) is 19.1. The number of amides is 1. The number of carbonyl (C=O) groups excluding carboxylic acids is 1. The van der Waals surface area contributed by atoms with Gasteiger partial charge in [-0.15, -0.1) is 0 Å². The Morgan fingerprint density at radius 2 is 1.93 bits per heavy atom. The van der Waals surface area contributed by atoms with Crippen molar-refractivity contribution in [1.82, 2.24) is 29.3 Å². The minimum absolute atomic E-state index is 0.109. The van der Waals surface area contributed by atoms with Crippen LogP contribution in [0, 0.1) is 5.92 Å². The van der Waals surface area contributed by atoms with Crippen LogP contribution in [0.3, 0.4) is 0 Å². The van der Waals surface area contributed by atoms with Gasteiger partial charge < -0.3 is 19.3 Å². The molecule has 0 radical (unpaired) electrons. The third-order valence-electron chi connectivity index (χ3n) is 6.27. The Hall–Kier alpha value is -2.22. The second-order valence-corrected chi connectivity index (χ2v) is 8.41. The van der Waals surface area contributed by atoms with Crippen LogP contribution in [0.1, 0.15) is 32.1 Å². The number of hydrogen-bond donors (Lipinski definition) is 0. The summed E-state index contributed by atoms with van der Waals surface area (Å²) in [6, 6.07) is 0.655. The van der Waals surface area contributed by atoms with Crippen LogP contribution in [0.5, 0.6) is 0 Å². The van der Waals surface area contributed by atoms with E-state index in [4.69, 9.17) is 0 Å². The lowest BCUT2D eigenvalue weighted by molar-refractivity contribution is -0.131. The molecule has 0 aliphatic carbocycles. The van der Waals surface area contributed by atoms with Gasteiger partial charge >= 0.3 is 0 Å². The SMILES string of the molecule is CN(C[C@@H]1CCCN2CCCC[C@H]12)C(=O)Cn1cnc2c(N(C)C)ncnc21. The molecule has 2 fully saturated rings. The van der Waals surface area contributed by atoms with E-state index in [2.05, 4.69) is 19.9 Å². The largest absolute Gasteiger partial charge is 0.361 e. The van der Waals surface area contributed by atoms with Gasteiger partial charge in [-0.25, -0.2) is 15.0 Å². The second-order valence-electron chi connectivity index (χ2n) is 8.41. The summed E-state index contributed by atoms with van der Waals surface area (Å²) < 4.78 is 1.83. The monoisotopic (exact) mass is 385 g/mol. The molecule has 4 heterocycles. The Bertz CT molecular complexity index is 831. The van der Waals surface area contributed by atoms with Crippen LogP contribution in [0.15, 0.2) is 12.7 Å². The minimum Gasteiger partial charge on any atom is -0.361 e. The van der Waals surface area contributed by atoms with E-state index in [1.54, 1.807) is 6.33 Å².